The molecule has 0 unspecified atom stereocenters. The van der Waals surface area contributed by atoms with Crippen LogP contribution in [-0.4, -0.2) is 14.6 Å². The molecular formula is C15H8F3N3. The Balaban J connectivity index is 2.01. The van der Waals surface area contributed by atoms with Gasteiger partial charge in [0.25, 0.3) is 0 Å². The van der Waals surface area contributed by atoms with E-state index in [0.29, 0.717) is 11.3 Å². The molecule has 2 aromatic heterocycles. The quantitative estimate of drug-likeness (QED) is 0.595. The van der Waals surface area contributed by atoms with Crippen LogP contribution in [0.25, 0.3) is 5.65 Å². The third kappa shape index (κ3) is 2.72. The number of rotatable bonds is 0. The second-order valence-corrected chi connectivity index (χ2v) is 4.24. The molecule has 0 fully saturated rings. The first-order valence-corrected chi connectivity index (χ1v) is 6.03. The van der Waals surface area contributed by atoms with Crippen LogP contribution < -0.4 is 0 Å². The van der Waals surface area contributed by atoms with Crippen molar-refractivity contribution in [1.82, 2.24) is 14.6 Å². The van der Waals surface area contributed by atoms with Crippen LogP contribution in [0.2, 0.25) is 0 Å². The number of aromatic nitrogens is 3. The minimum Gasteiger partial charge on any atom is -0.223 e. The fraction of sp³-hybridized carbons (Fsp3) is 0.0667. The predicted molar refractivity (Wildman–Crippen MR) is 70.4 cm³/mol. The predicted octanol–water partition coefficient (Wildman–Crippen LogP) is 3.15. The van der Waals surface area contributed by atoms with Crippen LogP contribution >= 0.6 is 0 Å². The molecule has 3 nitrogen and oxygen atoms in total. The Kier molecular flexibility index (Phi) is 3.10. The van der Waals surface area contributed by atoms with Crippen LogP contribution in [0, 0.1) is 11.8 Å². The van der Waals surface area contributed by atoms with Crippen LogP contribution in [0.3, 0.4) is 0 Å². The van der Waals surface area contributed by atoms with Gasteiger partial charge in [-0.3, -0.25) is 0 Å². The molecular weight excluding hydrogens is 279 g/mol. The van der Waals surface area contributed by atoms with E-state index in [1.807, 2.05) is 0 Å². The van der Waals surface area contributed by atoms with Gasteiger partial charge in [0.1, 0.15) is 5.69 Å². The van der Waals surface area contributed by atoms with Gasteiger partial charge in [0.2, 0.25) is 0 Å². The maximum Gasteiger partial charge on any atom is 0.417 e. The monoisotopic (exact) mass is 287 g/mol. The molecule has 3 rings (SSSR count). The molecule has 1 aromatic carbocycles. The minimum atomic E-state index is -4.42. The molecule has 0 aliphatic rings. The van der Waals surface area contributed by atoms with E-state index in [4.69, 9.17) is 0 Å². The van der Waals surface area contributed by atoms with Gasteiger partial charge in [-0.2, -0.15) is 18.3 Å². The van der Waals surface area contributed by atoms with Crippen molar-refractivity contribution >= 4 is 5.65 Å². The first-order chi connectivity index (χ1) is 10.0. The molecule has 0 amide bonds. The normalized spacial score (nSPS) is 11.2. The molecule has 3 aromatic rings. The summed E-state index contributed by atoms with van der Waals surface area (Å²) >= 11 is 0. The van der Waals surface area contributed by atoms with Crippen LogP contribution in [-0.2, 0) is 6.18 Å². The van der Waals surface area contributed by atoms with Crippen molar-refractivity contribution in [3.8, 4) is 11.8 Å². The summed E-state index contributed by atoms with van der Waals surface area (Å²) in [6.07, 6.45) is -1.19. The van der Waals surface area contributed by atoms with E-state index in [1.165, 1.54) is 18.2 Å². The molecule has 21 heavy (non-hydrogen) atoms. The number of hydrogen-bond donors (Lipinski definition) is 0. The van der Waals surface area contributed by atoms with Gasteiger partial charge >= 0.3 is 6.18 Å². The molecule has 0 saturated heterocycles. The van der Waals surface area contributed by atoms with Gasteiger partial charge in [-0.1, -0.05) is 18.1 Å². The van der Waals surface area contributed by atoms with E-state index in [2.05, 4.69) is 21.9 Å². The third-order valence-electron chi connectivity index (χ3n) is 2.82. The average Bonchev–Trinajstić information content (AvgIpc) is 2.92. The van der Waals surface area contributed by atoms with E-state index in [-0.39, 0.29) is 5.56 Å². The minimum absolute atomic E-state index is 0.0693. The van der Waals surface area contributed by atoms with Gasteiger partial charge in [-0.05, 0) is 24.1 Å². The zero-order valence-corrected chi connectivity index (χ0v) is 10.6. The highest BCUT2D eigenvalue weighted by atomic mass is 19.4. The topological polar surface area (TPSA) is 30.2 Å². The Bertz CT molecular complexity index is 853. The lowest BCUT2D eigenvalue weighted by molar-refractivity contribution is -0.137. The molecule has 0 spiro atoms. The van der Waals surface area contributed by atoms with E-state index < -0.39 is 11.7 Å². The summed E-state index contributed by atoms with van der Waals surface area (Å²) in [4.78, 5) is 4.19. The highest BCUT2D eigenvalue weighted by molar-refractivity contribution is 5.47. The number of fused-ring (bicyclic) bond motifs is 1. The summed E-state index contributed by atoms with van der Waals surface area (Å²) in [6, 6.07) is 8.50. The molecule has 0 atom stereocenters. The summed E-state index contributed by atoms with van der Waals surface area (Å²) in [6.45, 7) is 0. The van der Waals surface area contributed by atoms with E-state index in [0.717, 1.165) is 6.07 Å². The van der Waals surface area contributed by atoms with Gasteiger partial charge in [0.15, 0.2) is 5.65 Å². The Morgan fingerprint density at radius 2 is 1.81 bits per heavy atom. The second-order valence-electron chi connectivity index (χ2n) is 4.24. The van der Waals surface area contributed by atoms with Gasteiger partial charge < -0.3 is 0 Å². The molecule has 0 saturated carbocycles. The fourth-order valence-electron chi connectivity index (χ4n) is 1.85. The highest BCUT2D eigenvalue weighted by Crippen LogP contribution is 2.31. The number of nitrogens with zero attached hydrogens (tertiary/aromatic N) is 3. The standard InChI is InChI=1S/C15H8F3N3/c16-15(17,18)13-4-2-1-3-11(13)5-6-12-8-10-21-14(20-12)7-9-19-21/h1-4,7-10H. The summed E-state index contributed by atoms with van der Waals surface area (Å²) in [5, 5.41) is 3.98. The zero-order chi connectivity index (χ0) is 14.9. The Morgan fingerprint density at radius 3 is 2.62 bits per heavy atom. The first-order valence-electron chi connectivity index (χ1n) is 6.03. The van der Waals surface area contributed by atoms with E-state index in [9.17, 15) is 13.2 Å². The lowest BCUT2D eigenvalue weighted by Crippen LogP contribution is -2.07. The van der Waals surface area contributed by atoms with Crippen LogP contribution in [0.5, 0.6) is 0 Å². The fourth-order valence-corrected chi connectivity index (χ4v) is 1.85. The molecule has 0 aliphatic carbocycles. The van der Waals surface area contributed by atoms with Gasteiger partial charge in [0, 0.05) is 17.8 Å². The summed E-state index contributed by atoms with van der Waals surface area (Å²) in [5.74, 6) is 5.18. The molecule has 0 radical (unpaired) electrons. The lowest BCUT2D eigenvalue weighted by Gasteiger charge is -2.07. The van der Waals surface area contributed by atoms with Crippen molar-refractivity contribution < 1.29 is 13.2 Å². The number of halogens is 3. The Labute approximate surface area is 118 Å². The van der Waals surface area contributed by atoms with Crippen molar-refractivity contribution in [2.75, 3.05) is 0 Å². The molecule has 0 N–H and O–H groups in total. The SMILES string of the molecule is FC(F)(F)c1ccccc1C#Cc1ccn2nccc2n1. The van der Waals surface area contributed by atoms with Crippen LogP contribution in [0.4, 0.5) is 13.2 Å². The Hall–Kier alpha value is -2.81. The third-order valence-corrected chi connectivity index (χ3v) is 2.82. The van der Waals surface area contributed by atoms with Gasteiger partial charge in [-0.25, -0.2) is 9.50 Å². The summed E-state index contributed by atoms with van der Waals surface area (Å²) < 4.78 is 40.1. The number of benzene rings is 1. The van der Waals surface area contributed by atoms with E-state index in [1.54, 1.807) is 29.0 Å². The van der Waals surface area contributed by atoms with Gasteiger partial charge in [-0.15, -0.1) is 0 Å². The molecule has 104 valence electrons. The average molecular weight is 287 g/mol. The maximum absolute atomic E-state index is 12.8. The largest absolute Gasteiger partial charge is 0.417 e. The smallest absolute Gasteiger partial charge is 0.223 e. The summed E-state index contributed by atoms with van der Waals surface area (Å²) in [7, 11) is 0. The van der Waals surface area contributed by atoms with Crippen LogP contribution in [0.15, 0.2) is 48.8 Å². The highest BCUT2D eigenvalue weighted by Gasteiger charge is 2.32. The number of hydrogen-bond acceptors (Lipinski definition) is 2. The second kappa shape index (κ2) is 4.94. The van der Waals surface area contributed by atoms with Crippen LogP contribution in [0.1, 0.15) is 16.8 Å². The number of alkyl halides is 3. The van der Waals surface area contributed by atoms with Gasteiger partial charge in [0.05, 0.1) is 11.8 Å². The van der Waals surface area contributed by atoms with Crippen molar-refractivity contribution in [3.05, 3.63) is 65.6 Å². The van der Waals surface area contributed by atoms with Crippen molar-refractivity contribution in [2.24, 2.45) is 0 Å². The zero-order valence-electron chi connectivity index (χ0n) is 10.6. The first kappa shape index (κ1) is 13.2. The van der Waals surface area contributed by atoms with Crippen molar-refractivity contribution in [1.29, 1.82) is 0 Å². The van der Waals surface area contributed by atoms with Crippen molar-refractivity contribution in [3.63, 3.8) is 0 Å². The maximum atomic E-state index is 12.8. The molecule has 6 heteroatoms. The molecule has 0 aliphatic heterocycles. The van der Waals surface area contributed by atoms with Crippen molar-refractivity contribution in [2.45, 2.75) is 6.18 Å². The molecule has 2 heterocycles. The Morgan fingerprint density at radius 1 is 1.00 bits per heavy atom. The summed E-state index contributed by atoms with van der Waals surface area (Å²) in [5.41, 5.74) is 0.161. The van der Waals surface area contributed by atoms with E-state index >= 15 is 0 Å². The lowest BCUT2D eigenvalue weighted by atomic mass is 10.1. The molecule has 0 bridgehead atoms.